The molecule has 1 heterocycles. The molecule has 1 N–H and O–H groups in total. The SMILES string of the molecule is COC(C)CNCCN1CCCCC1. The first-order valence-electron chi connectivity index (χ1n) is 5.79. The number of nitrogens with zero attached hydrogens (tertiary/aromatic N) is 1. The fourth-order valence-electron chi connectivity index (χ4n) is 1.81. The molecule has 84 valence electrons. The van der Waals surface area contributed by atoms with Crippen LogP contribution in [0.5, 0.6) is 0 Å². The predicted octanol–water partition coefficient (Wildman–Crippen LogP) is 1.10. The van der Waals surface area contributed by atoms with Crippen molar-refractivity contribution in [1.82, 2.24) is 10.2 Å². The maximum Gasteiger partial charge on any atom is 0.0667 e. The van der Waals surface area contributed by atoms with Crippen molar-refractivity contribution in [2.75, 3.05) is 39.8 Å². The number of piperidine rings is 1. The minimum atomic E-state index is 0.330. The number of hydrogen-bond acceptors (Lipinski definition) is 3. The van der Waals surface area contributed by atoms with Crippen LogP contribution in [0.4, 0.5) is 0 Å². The lowest BCUT2D eigenvalue weighted by atomic mass is 10.1. The van der Waals surface area contributed by atoms with E-state index in [4.69, 9.17) is 4.74 Å². The van der Waals surface area contributed by atoms with E-state index >= 15 is 0 Å². The van der Waals surface area contributed by atoms with Gasteiger partial charge in [0, 0.05) is 26.7 Å². The highest BCUT2D eigenvalue weighted by Gasteiger charge is 2.08. The van der Waals surface area contributed by atoms with Crippen LogP contribution >= 0.6 is 0 Å². The molecule has 1 aliphatic rings. The zero-order valence-electron chi connectivity index (χ0n) is 9.59. The largest absolute Gasteiger partial charge is 0.380 e. The lowest BCUT2D eigenvalue weighted by Gasteiger charge is -2.26. The zero-order valence-corrected chi connectivity index (χ0v) is 9.59. The maximum atomic E-state index is 5.17. The molecular formula is C11H24N2O. The highest BCUT2D eigenvalue weighted by atomic mass is 16.5. The zero-order chi connectivity index (χ0) is 10.2. The molecule has 0 aliphatic carbocycles. The Morgan fingerprint density at radius 1 is 1.29 bits per heavy atom. The maximum absolute atomic E-state index is 5.17. The molecule has 1 rings (SSSR count). The predicted molar refractivity (Wildman–Crippen MR) is 59.6 cm³/mol. The quantitative estimate of drug-likeness (QED) is 0.650. The first kappa shape index (κ1) is 12.0. The van der Waals surface area contributed by atoms with Gasteiger partial charge in [0.1, 0.15) is 0 Å². The third-order valence-corrected chi connectivity index (χ3v) is 2.89. The Morgan fingerprint density at radius 3 is 2.64 bits per heavy atom. The molecule has 3 nitrogen and oxygen atoms in total. The Morgan fingerprint density at radius 2 is 2.00 bits per heavy atom. The standard InChI is InChI=1S/C11H24N2O/c1-11(14-2)10-12-6-9-13-7-4-3-5-8-13/h11-12H,3-10H2,1-2H3. The number of hydrogen-bond donors (Lipinski definition) is 1. The van der Waals surface area contributed by atoms with Gasteiger partial charge in [0.15, 0.2) is 0 Å². The van der Waals surface area contributed by atoms with E-state index in [2.05, 4.69) is 17.1 Å². The van der Waals surface area contributed by atoms with Crippen molar-refractivity contribution in [3.63, 3.8) is 0 Å². The highest BCUT2D eigenvalue weighted by Crippen LogP contribution is 2.07. The summed E-state index contributed by atoms with van der Waals surface area (Å²) < 4.78 is 5.17. The molecule has 0 spiro atoms. The summed E-state index contributed by atoms with van der Waals surface area (Å²) in [7, 11) is 1.76. The monoisotopic (exact) mass is 200 g/mol. The summed E-state index contributed by atoms with van der Waals surface area (Å²) >= 11 is 0. The molecule has 0 saturated carbocycles. The fraction of sp³-hybridized carbons (Fsp3) is 1.00. The molecule has 0 bridgehead atoms. The van der Waals surface area contributed by atoms with Gasteiger partial charge in [-0.2, -0.15) is 0 Å². The summed E-state index contributed by atoms with van der Waals surface area (Å²) in [4.78, 5) is 2.55. The molecule has 1 aliphatic heterocycles. The van der Waals surface area contributed by atoms with Gasteiger partial charge in [-0.3, -0.25) is 0 Å². The molecule has 0 radical (unpaired) electrons. The van der Waals surface area contributed by atoms with Crippen LogP contribution in [-0.2, 0) is 4.74 Å². The number of rotatable bonds is 6. The van der Waals surface area contributed by atoms with Gasteiger partial charge < -0.3 is 15.0 Å². The molecule has 1 saturated heterocycles. The van der Waals surface area contributed by atoms with Crippen LogP contribution in [0.25, 0.3) is 0 Å². The molecule has 0 aromatic rings. The second-order valence-electron chi connectivity index (χ2n) is 4.15. The van der Waals surface area contributed by atoms with Crippen LogP contribution in [0, 0.1) is 0 Å². The van der Waals surface area contributed by atoms with Crippen LogP contribution in [0.3, 0.4) is 0 Å². The summed E-state index contributed by atoms with van der Waals surface area (Å²) in [6.45, 7) is 7.92. The summed E-state index contributed by atoms with van der Waals surface area (Å²) in [5, 5.41) is 3.42. The molecule has 0 aromatic heterocycles. The minimum Gasteiger partial charge on any atom is -0.380 e. The van der Waals surface area contributed by atoms with Crippen LogP contribution in [-0.4, -0.2) is 50.8 Å². The van der Waals surface area contributed by atoms with Crippen LogP contribution in [0.1, 0.15) is 26.2 Å². The Balaban J connectivity index is 1.92. The van der Waals surface area contributed by atoms with Gasteiger partial charge >= 0.3 is 0 Å². The van der Waals surface area contributed by atoms with Crippen molar-refractivity contribution >= 4 is 0 Å². The van der Waals surface area contributed by atoms with Crippen molar-refractivity contribution in [3.8, 4) is 0 Å². The van der Waals surface area contributed by atoms with Crippen molar-refractivity contribution in [3.05, 3.63) is 0 Å². The number of nitrogens with one attached hydrogen (secondary N) is 1. The van der Waals surface area contributed by atoms with E-state index in [1.165, 1.54) is 38.9 Å². The molecule has 1 fully saturated rings. The second kappa shape index (κ2) is 7.21. The molecular weight excluding hydrogens is 176 g/mol. The topological polar surface area (TPSA) is 24.5 Å². The van der Waals surface area contributed by atoms with Crippen LogP contribution in [0.15, 0.2) is 0 Å². The van der Waals surface area contributed by atoms with Gasteiger partial charge in [0.05, 0.1) is 6.10 Å². The Kier molecular flexibility index (Phi) is 6.15. The third-order valence-electron chi connectivity index (χ3n) is 2.89. The summed E-state index contributed by atoms with van der Waals surface area (Å²) in [5.41, 5.74) is 0. The van der Waals surface area contributed by atoms with E-state index in [9.17, 15) is 0 Å². The van der Waals surface area contributed by atoms with E-state index in [1.54, 1.807) is 7.11 Å². The smallest absolute Gasteiger partial charge is 0.0667 e. The third kappa shape index (κ3) is 4.94. The molecule has 14 heavy (non-hydrogen) atoms. The minimum absolute atomic E-state index is 0.330. The van der Waals surface area contributed by atoms with Gasteiger partial charge in [0.2, 0.25) is 0 Å². The lowest BCUT2D eigenvalue weighted by molar-refractivity contribution is 0.116. The first-order valence-corrected chi connectivity index (χ1v) is 5.79. The van der Waals surface area contributed by atoms with E-state index in [0.29, 0.717) is 6.10 Å². The van der Waals surface area contributed by atoms with Gasteiger partial charge in [-0.25, -0.2) is 0 Å². The fourth-order valence-corrected chi connectivity index (χ4v) is 1.81. The van der Waals surface area contributed by atoms with Crippen molar-refractivity contribution in [1.29, 1.82) is 0 Å². The van der Waals surface area contributed by atoms with Gasteiger partial charge in [-0.05, 0) is 32.9 Å². The van der Waals surface area contributed by atoms with Crippen LogP contribution < -0.4 is 5.32 Å². The van der Waals surface area contributed by atoms with Crippen molar-refractivity contribution in [2.24, 2.45) is 0 Å². The van der Waals surface area contributed by atoms with Crippen molar-refractivity contribution < 1.29 is 4.74 Å². The normalized spacial score (nSPS) is 21.0. The number of ether oxygens (including phenoxy) is 1. The van der Waals surface area contributed by atoms with Gasteiger partial charge in [-0.15, -0.1) is 0 Å². The second-order valence-corrected chi connectivity index (χ2v) is 4.15. The Labute approximate surface area is 87.8 Å². The molecule has 3 heteroatoms. The summed E-state index contributed by atoms with van der Waals surface area (Å²) in [6.07, 6.45) is 4.52. The molecule has 0 amide bonds. The average Bonchev–Trinajstić information content (AvgIpc) is 2.25. The highest BCUT2D eigenvalue weighted by molar-refractivity contribution is 4.65. The van der Waals surface area contributed by atoms with Crippen LogP contribution in [0.2, 0.25) is 0 Å². The van der Waals surface area contributed by atoms with Gasteiger partial charge in [0.25, 0.3) is 0 Å². The van der Waals surface area contributed by atoms with E-state index in [1.807, 2.05) is 0 Å². The number of methoxy groups -OCH3 is 1. The molecule has 0 aromatic carbocycles. The number of likely N-dealkylation sites (tertiary alicyclic amines) is 1. The van der Waals surface area contributed by atoms with Crippen molar-refractivity contribution in [2.45, 2.75) is 32.3 Å². The Bertz CT molecular complexity index is 135. The molecule has 1 unspecified atom stereocenters. The average molecular weight is 200 g/mol. The van der Waals surface area contributed by atoms with E-state index in [-0.39, 0.29) is 0 Å². The van der Waals surface area contributed by atoms with E-state index < -0.39 is 0 Å². The summed E-state index contributed by atoms with van der Waals surface area (Å²) in [5.74, 6) is 0. The van der Waals surface area contributed by atoms with E-state index in [0.717, 1.165) is 13.1 Å². The Hall–Kier alpha value is -0.120. The summed E-state index contributed by atoms with van der Waals surface area (Å²) in [6, 6.07) is 0. The first-order chi connectivity index (χ1) is 6.83. The lowest BCUT2D eigenvalue weighted by Crippen LogP contribution is -2.37. The molecule has 1 atom stereocenters. The van der Waals surface area contributed by atoms with Gasteiger partial charge in [-0.1, -0.05) is 6.42 Å².